The van der Waals surface area contributed by atoms with Crippen LogP contribution in [-0.2, 0) is 14.3 Å². The van der Waals surface area contributed by atoms with Crippen LogP contribution in [0.3, 0.4) is 0 Å². The molecule has 2 saturated heterocycles. The highest BCUT2D eigenvalue weighted by atomic mass is 16.5. The van der Waals surface area contributed by atoms with Gasteiger partial charge in [-0.25, -0.2) is 4.79 Å². The maximum atomic E-state index is 12.2. The van der Waals surface area contributed by atoms with Crippen molar-refractivity contribution >= 4 is 23.6 Å². The van der Waals surface area contributed by atoms with Gasteiger partial charge in [0.05, 0.1) is 13.2 Å². The van der Waals surface area contributed by atoms with E-state index in [9.17, 15) is 9.59 Å². The molecule has 3 rings (SSSR count). The highest BCUT2D eigenvalue weighted by Gasteiger charge is 2.32. The zero-order valence-electron chi connectivity index (χ0n) is 13.6. The number of hydrogen-bond donors (Lipinski definition) is 1. The molecule has 0 aliphatic carbocycles. The fourth-order valence-corrected chi connectivity index (χ4v) is 3.17. The van der Waals surface area contributed by atoms with Crippen molar-refractivity contribution in [3.8, 4) is 0 Å². The smallest absolute Gasteiger partial charge is 0.326 e. The van der Waals surface area contributed by atoms with E-state index in [0.29, 0.717) is 13.0 Å². The predicted octanol–water partition coefficient (Wildman–Crippen LogP) is 1.61. The van der Waals surface area contributed by atoms with E-state index in [0.717, 1.165) is 44.0 Å². The van der Waals surface area contributed by atoms with Crippen molar-refractivity contribution in [1.82, 2.24) is 4.90 Å². The summed E-state index contributed by atoms with van der Waals surface area (Å²) < 4.78 is 5.35. The average Bonchev–Trinajstić information content (AvgIpc) is 3.11. The molecule has 6 heteroatoms. The Kier molecular flexibility index (Phi) is 5.15. The van der Waals surface area contributed by atoms with Gasteiger partial charge in [0, 0.05) is 31.4 Å². The molecule has 128 valence electrons. The van der Waals surface area contributed by atoms with Crippen LogP contribution in [0.25, 0.3) is 6.08 Å². The fraction of sp³-hybridized carbons (Fsp3) is 0.444. The van der Waals surface area contributed by atoms with Gasteiger partial charge in [-0.05, 0) is 36.6 Å². The number of likely N-dealkylation sites (tertiary alicyclic amines) is 1. The van der Waals surface area contributed by atoms with E-state index in [1.807, 2.05) is 24.3 Å². The number of aliphatic carboxylic acids is 1. The Labute approximate surface area is 141 Å². The molecule has 0 bridgehead atoms. The van der Waals surface area contributed by atoms with Gasteiger partial charge in [0.1, 0.15) is 6.04 Å². The molecule has 2 heterocycles. The molecule has 1 N–H and O–H groups in total. The zero-order valence-corrected chi connectivity index (χ0v) is 13.6. The van der Waals surface area contributed by atoms with E-state index in [1.165, 1.54) is 11.0 Å². The molecule has 2 aliphatic rings. The van der Waals surface area contributed by atoms with Gasteiger partial charge in [0.25, 0.3) is 0 Å². The van der Waals surface area contributed by atoms with Gasteiger partial charge in [-0.2, -0.15) is 0 Å². The normalized spacial score (nSPS) is 21.4. The van der Waals surface area contributed by atoms with Crippen LogP contribution in [0, 0.1) is 0 Å². The number of carbonyl (C=O) groups excluding carboxylic acids is 1. The Hall–Kier alpha value is -2.34. The van der Waals surface area contributed by atoms with Gasteiger partial charge in [-0.15, -0.1) is 0 Å². The summed E-state index contributed by atoms with van der Waals surface area (Å²) in [5.41, 5.74) is 2.07. The van der Waals surface area contributed by atoms with Crippen molar-refractivity contribution in [3.63, 3.8) is 0 Å². The number of carboxylic acid groups (broad SMARTS) is 1. The first-order chi connectivity index (χ1) is 11.6. The van der Waals surface area contributed by atoms with Crippen LogP contribution in [0.5, 0.6) is 0 Å². The van der Waals surface area contributed by atoms with E-state index >= 15 is 0 Å². The van der Waals surface area contributed by atoms with Gasteiger partial charge < -0.3 is 19.6 Å². The van der Waals surface area contributed by atoms with Crippen LogP contribution in [0.4, 0.5) is 5.69 Å². The monoisotopic (exact) mass is 330 g/mol. The molecule has 0 aromatic heterocycles. The minimum Gasteiger partial charge on any atom is -0.480 e. The number of amides is 1. The summed E-state index contributed by atoms with van der Waals surface area (Å²) >= 11 is 0. The number of rotatable bonds is 4. The average molecular weight is 330 g/mol. The standard InChI is InChI=1S/C18H22N2O4/c21-17(20-9-1-2-16(20)18(22)23)8-5-14-3-6-15(7-4-14)19-10-12-24-13-11-19/h3-8,16H,1-2,9-13H2,(H,22,23)/b8-5+/t16-/m1/s1. The molecule has 6 nitrogen and oxygen atoms in total. The molecule has 0 saturated carbocycles. The number of carboxylic acids is 1. The number of ether oxygens (including phenoxy) is 1. The van der Waals surface area contributed by atoms with E-state index in [4.69, 9.17) is 9.84 Å². The lowest BCUT2D eigenvalue weighted by molar-refractivity contribution is -0.146. The number of hydrogen-bond acceptors (Lipinski definition) is 4. The van der Waals surface area contributed by atoms with Crippen molar-refractivity contribution < 1.29 is 19.4 Å². The van der Waals surface area contributed by atoms with Crippen molar-refractivity contribution in [2.24, 2.45) is 0 Å². The third kappa shape index (κ3) is 3.76. The van der Waals surface area contributed by atoms with Gasteiger partial charge in [0.15, 0.2) is 0 Å². The second-order valence-corrected chi connectivity index (χ2v) is 6.05. The minimum atomic E-state index is -0.927. The minimum absolute atomic E-state index is 0.239. The van der Waals surface area contributed by atoms with Crippen LogP contribution in [0.1, 0.15) is 18.4 Å². The lowest BCUT2D eigenvalue weighted by Crippen LogP contribution is -2.39. The van der Waals surface area contributed by atoms with E-state index in [2.05, 4.69) is 4.90 Å². The lowest BCUT2D eigenvalue weighted by Gasteiger charge is -2.28. The van der Waals surface area contributed by atoms with Gasteiger partial charge in [-0.1, -0.05) is 12.1 Å². The molecule has 24 heavy (non-hydrogen) atoms. The summed E-state index contributed by atoms with van der Waals surface area (Å²) in [6.45, 7) is 3.78. The molecule has 0 radical (unpaired) electrons. The molecule has 2 aliphatic heterocycles. The molecule has 1 aromatic rings. The van der Waals surface area contributed by atoms with E-state index < -0.39 is 12.0 Å². The Balaban J connectivity index is 1.61. The molecule has 0 spiro atoms. The summed E-state index contributed by atoms with van der Waals surface area (Å²) in [4.78, 5) is 27.0. The summed E-state index contributed by atoms with van der Waals surface area (Å²) in [6, 6.07) is 7.31. The summed E-state index contributed by atoms with van der Waals surface area (Å²) in [6.07, 6.45) is 4.47. The topological polar surface area (TPSA) is 70.1 Å². The first-order valence-electron chi connectivity index (χ1n) is 8.29. The van der Waals surface area contributed by atoms with Crippen molar-refractivity contribution in [3.05, 3.63) is 35.9 Å². The van der Waals surface area contributed by atoms with E-state index in [1.54, 1.807) is 6.08 Å². The van der Waals surface area contributed by atoms with Crippen molar-refractivity contribution in [2.45, 2.75) is 18.9 Å². The fourth-order valence-electron chi connectivity index (χ4n) is 3.17. The van der Waals surface area contributed by atoms with Gasteiger partial charge in [0.2, 0.25) is 5.91 Å². The molecule has 2 fully saturated rings. The third-order valence-electron chi connectivity index (χ3n) is 4.51. The quantitative estimate of drug-likeness (QED) is 0.850. The summed E-state index contributed by atoms with van der Waals surface area (Å²) in [5, 5.41) is 9.14. The van der Waals surface area contributed by atoms with Crippen LogP contribution in [0.15, 0.2) is 30.3 Å². The number of carbonyl (C=O) groups is 2. The predicted molar refractivity (Wildman–Crippen MR) is 90.9 cm³/mol. The summed E-state index contributed by atoms with van der Waals surface area (Å²) in [7, 11) is 0. The SMILES string of the molecule is O=C(O)[C@H]1CCCN1C(=O)/C=C/c1ccc(N2CCOCC2)cc1. The summed E-state index contributed by atoms with van der Waals surface area (Å²) in [5.74, 6) is -1.17. The Morgan fingerprint density at radius 3 is 2.50 bits per heavy atom. The van der Waals surface area contributed by atoms with Crippen molar-refractivity contribution in [2.75, 3.05) is 37.7 Å². The molecular weight excluding hydrogens is 308 g/mol. The molecule has 1 aromatic carbocycles. The van der Waals surface area contributed by atoms with Gasteiger partial charge in [-0.3, -0.25) is 4.79 Å². The number of nitrogens with zero attached hydrogens (tertiary/aromatic N) is 2. The number of benzene rings is 1. The second-order valence-electron chi connectivity index (χ2n) is 6.05. The van der Waals surface area contributed by atoms with Crippen LogP contribution >= 0.6 is 0 Å². The van der Waals surface area contributed by atoms with Crippen LogP contribution in [0.2, 0.25) is 0 Å². The van der Waals surface area contributed by atoms with Crippen LogP contribution in [-0.4, -0.2) is 60.8 Å². The maximum Gasteiger partial charge on any atom is 0.326 e. The Morgan fingerprint density at radius 2 is 1.83 bits per heavy atom. The molecule has 1 amide bonds. The molecular formula is C18H22N2O4. The first kappa shape index (κ1) is 16.5. The highest BCUT2D eigenvalue weighted by Crippen LogP contribution is 2.19. The zero-order chi connectivity index (χ0) is 16.9. The maximum absolute atomic E-state index is 12.2. The molecule has 0 unspecified atom stereocenters. The lowest BCUT2D eigenvalue weighted by atomic mass is 10.1. The van der Waals surface area contributed by atoms with Gasteiger partial charge >= 0.3 is 5.97 Å². The molecule has 1 atom stereocenters. The Morgan fingerprint density at radius 1 is 1.12 bits per heavy atom. The van der Waals surface area contributed by atoms with Crippen LogP contribution < -0.4 is 4.90 Å². The van der Waals surface area contributed by atoms with Crippen molar-refractivity contribution in [1.29, 1.82) is 0 Å². The van der Waals surface area contributed by atoms with E-state index in [-0.39, 0.29) is 5.91 Å². The third-order valence-corrected chi connectivity index (χ3v) is 4.51. The Bertz CT molecular complexity index is 620. The largest absolute Gasteiger partial charge is 0.480 e. The highest BCUT2D eigenvalue weighted by molar-refractivity contribution is 5.94. The number of morpholine rings is 1. The number of anilines is 1. The first-order valence-corrected chi connectivity index (χ1v) is 8.29. The second kappa shape index (κ2) is 7.49.